The van der Waals surface area contributed by atoms with Crippen molar-refractivity contribution in [2.75, 3.05) is 12.4 Å². The van der Waals surface area contributed by atoms with Crippen molar-refractivity contribution >= 4 is 67.4 Å². The molecule has 7 heteroatoms. The predicted octanol–water partition coefficient (Wildman–Crippen LogP) is 6.36. The summed E-state index contributed by atoms with van der Waals surface area (Å²) in [5.41, 5.74) is 3.44. The summed E-state index contributed by atoms with van der Waals surface area (Å²) in [7, 11) is 1.68. The van der Waals surface area contributed by atoms with Crippen LogP contribution >= 0.6 is 56.5 Å². The molecule has 1 aromatic heterocycles. The average molecular weight is 636 g/mol. The second kappa shape index (κ2) is 8.18. The molecule has 1 aliphatic heterocycles. The van der Waals surface area contributed by atoms with E-state index in [0.717, 1.165) is 48.3 Å². The van der Waals surface area contributed by atoms with E-state index in [9.17, 15) is 4.79 Å². The Balaban J connectivity index is 1.68. The molecular formula is C22H26I2N2O2S. The Kier molecular flexibility index (Phi) is 6.11. The van der Waals surface area contributed by atoms with Gasteiger partial charge in [0.1, 0.15) is 16.9 Å². The second-order valence-corrected chi connectivity index (χ2v) is 12.1. The number of benzene rings is 1. The number of carbonyl (C=O) groups excluding carboxylic acids is 1. The van der Waals surface area contributed by atoms with Gasteiger partial charge in [-0.05, 0) is 93.5 Å². The Morgan fingerprint density at radius 2 is 2.03 bits per heavy atom. The van der Waals surface area contributed by atoms with E-state index < -0.39 is 0 Å². The van der Waals surface area contributed by atoms with Crippen molar-refractivity contribution in [3.05, 3.63) is 40.8 Å². The number of ether oxygens (including phenoxy) is 1. The number of nitrogens with one attached hydrogen (secondary N) is 2. The fourth-order valence-electron chi connectivity index (χ4n) is 4.42. The number of amides is 1. The third kappa shape index (κ3) is 3.91. The fraction of sp³-hybridized carbons (Fsp3) is 0.500. The fourth-order valence-corrected chi connectivity index (χ4v) is 7.88. The summed E-state index contributed by atoms with van der Waals surface area (Å²) >= 11 is 6.37. The first kappa shape index (κ1) is 21.7. The molecule has 2 atom stereocenters. The van der Waals surface area contributed by atoms with Gasteiger partial charge in [0, 0.05) is 14.0 Å². The largest absolute Gasteiger partial charge is 0.495 e. The molecule has 1 aromatic carbocycles. The van der Waals surface area contributed by atoms with Gasteiger partial charge in [-0.2, -0.15) is 0 Å². The molecule has 2 aromatic rings. The minimum Gasteiger partial charge on any atom is -0.495 e. The number of hydrogen-bond donors (Lipinski definition) is 2. The quantitative estimate of drug-likeness (QED) is 0.385. The smallest absolute Gasteiger partial charge is 0.256 e. The van der Waals surface area contributed by atoms with Gasteiger partial charge >= 0.3 is 0 Å². The maximum Gasteiger partial charge on any atom is 0.256 e. The van der Waals surface area contributed by atoms with Crippen molar-refractivity contribution in [1.82, 2.24) is 5.32 Å². The van der Waals surface area contributed by atoms with Crippen LogP contribution in [-0.4, -0.2) is 13.0 Å². The van der Waals surface area contributed by atoms with Gasteiger partial charge in [0.25, 0.3) is 5.91 Å². The molecule has 156 valence electrons. The Morgan fingerprint density at radius 1 is 1.28 bits per heavy atom. The van der Waals surface area contributed by atoms with Gasteiger partial charge in [-0.15, -0.1) is 11.3 Å². The predicted molar refractivity (Wildman–Crippen MR) is 136 cm³/mol. The van der Waals surface area contributed by atoms with Crippen LogP contribution in [-0.2, 0) is 12.8 Å². The van der Waals surface area contributed by atoms with Crippen LogP contribution in [0.25, 0.3) is 0 Å². The molecule has 2 aliphatic rings. The molecule has 0 bridgehead atoms. The molecule has 0 radical (unpaired) electrons. The van der Waals surface area contributed by atoms with E-state index in [-0.39, 0.29) is 12.1 Å². The van der Waals surface area contributed by atoms with E-state index in [1.54, 1.807) is 18.4 Å². The van der Waals surface area contributed by atoms with Crippen LogP contribution in [0.4, 0.5) is 5.00 Å². The molecule has 1 amide bonds. The summed E-state index contributed by atoms with van der Waals surface area (Å²) in [5.74, 6) is 1.53. The van der Waals surface area contributed by atoms with Crippen molar-refractivity contribution in [3.8, 4) is 5.75 Å². The van der Waals surface area contributed by atoms with Crippen LogP contribution < -0.4 is 15.4 Å². The minimum atomic E-state index is -0.281. The van der Waals surface area contributed by atoms with Gasteiger partial charge in [0.05, 0.1) is 16.2 Å². The van der Waals surface area contributed by atoms with E-state index in [0.29, 0.717) is 11.3 Å². The van der Waals surface area contributed by atoms with Crippen molar-refractivity contribution in [2.45, 2.75) is 52.6 Å². The van der Waals surface area contributed by atoms with Crippen molar-refractivity contribution in [2.24, 2.45) is 11.3 Å². The van der Waals surface area contributed by atoms with E-state index in [2.05, 4.69) is 88.7 Å². The molecule has 2 N–H and O–H groups in total. The molecule has 0 saturated heterocycles. The first-order chi connectivity index (χ1) is 13.7. The number of thiophene rings is 1. The summed E-state index contributed by atoms with van der Waals surface area (Å²) < 4.78 is 7.82. The molecule has 1 aliphatic carbocycles. The number of halogens is 2. The van der Waals surface area contributed by atoms with E-state index in [4.69, 9.17) is 4.74 Å². The zero-order chi connectivity index (χ0) is 20.9. The molecule has 0 unspecified atom stereocenters. The third-order valence-electron chi connectivity index (χ3n) is 6.61. The normalized spacial score (nSPS) is 21.1. The van der Waals surface area contributed by atoms with E-state index in [1.807, 2.05) is 0 Å². The molecule has 4 nitrogen and oxygen atoms in total. The summed E-state index contributed by atoms with van der Waals surface area (Å²) in [4.78, 5) is 14.5. The highest BCUT2D eigenvalue weighted by atomic mass is 127. The highest BCUT2D eigenvalue weighted by molar-refractivity contribution is 14.1. The summed E-state index contributed by atoms with van der Waals surface area (Å²) in [6.07, 6.45) is 4.15. The number of methoxy groups -OCH3 is 1. The van der Waals surface area contributed by atoms with Gasteiger partial charge in [-0.3, -0.25) is 4.79 Å². The van der Waals surface area contributed by atoms with Gasteiger partial charge in [0.2, 0.25) is 0 Å². The number of hydrogen-bond acceptors (Lipinski definition) is 4. The first-order valence-electron chi connectivity index (χ1n) is 10.00. The number of fused-ring (bicyclic) bond motifs is 3. The molecule has 0 fully saturated rings. The SMILES string of the molecule is CCC(C)(C)[C@@H]1CCc2c(sc3c2C(=O)N[C@@H](c2cc(I)cc(I)c2OC)N3)C1. The maximum absolute atomic E-state index is 13.1. The van der Waals surface area contributed by atoms with Gasteiger partial charge in [-0.1, -0.05) is 27.2 Å². The molecule has 29 heavy (non-hydrogen) atoms. The molecule has 0 spiro atoms. The Labute approximate surface area is 203 Å². The highest BCUT2D eigenvalue weighted by Crippen LogP contribution is 2.47. The summed E-state index contributed by atoms with van der Waals surface area (Å²) in [6.45, 7) is 7.04. The van der Waals surface area contributed by atoms with E-state index >= 15 is 0 Å². The first-order valence-corrected chi connectivity index (χ1v) is 13.0. The lowest BCUT2D eigenvalue weighted by Crippen LogP contribution is -2.38. The van der Waals surface area contributed by atoms with Gasteiger partial charge in [-0.25, -0.2) is 0 Å². The van der Waals surface area contributed by atoms with E-state index in [1.165, 1.54) is 16.9 Å². The average Bonchev–Trinajstić information content (AvgIpc) is 3.05. The standard InChI is InChI=1S/C22H26I2N2O2S/c1-5-22(2,3)11-6-7-13-16(8-11)29-21-17(13)20(27)25-19(26-21)14-9-12(23)10-15(24)18(14)28-4/h9-11,19,26H,5-8H2,1-4H3,(H,25,27)/t11-,19-/m1/s1. The van der Waals surface area contributed by atoms with Crippen LogP contribution in [0.5, 0.6) is 5.75 Å². The maximum atomic E-state index is 13.1. The molecule has 4 rings (SSSR count). The summed E-state index contributed by atoms with van der Waals surface area (Å²) in [6, 6.07) is 4.16. The van der Waals surface area contributed by atoms with Crippen LogP contribution in [0.15, 0.2) is 12.1 Å². The monoisotopic (exact) mass is 636 g/mol. The van der Waals surface area contributed by atoms with Crippen LogP contribution in [0.1, 0.15) is 66.1 Å². The lowest BCUT2D eigenvalue weighted by Gasteiger charge is -2.36. The van der Waals surface area contributed by atoms with Crippen molar-refractivity contribution < 1.29 is 9.53 Å². The Bertz CT molecular complexity index is 970. The topological polar surface area (TPSA) is 50.4 Å². The second-order valence-electron chi connectivity index (χ2n) is 8.55. The molecule has 0 saturated carbocycles. The van der Waals surface area contributed by atoms with Gasteiger partial charge in [0.15, 0.2) is 0 Å². The van der Waals surface area contributed by atoms with Crippen molar-refractivity contribution in [1.29, 1.82) is 0 Å². The Hall–Kier alpha value is -0.550. The number of anilines is 1. The minimum absolute atomic E-state index is 0.0328. The third-order valence-corrected chi connectivity index (χ3v) is 9.22. The molecular weight excluding hydrogens is 610 g/mol. The zero-order valence-electron chi connectivity index (χ0n) is 17.1. The number of carbonyl (C=O) groups is 1. The molecule has 2 heterocycles. The lowest BCUT2D eigenvalue weighted by molar-refractivity contribution is 0.0934. The number of rotatable bonds is 4. The lowest BCUT2D eigenvalue weighted by atomic mass is 9.69. The van der Waals surface area contributed by atoms with Crippen LogP contribution in [0.2, 0.25) is 0 Å². The van der Waals surface area contributed by atoms with Crippen LogP contribution in [0, 0.1) is 18.5 Å². The summed E-state index contributed by atoms with van der Waals surface area (Å²) in [5, 5.41) is 7.78. The zero-order valence-corrected chi connectivity index (χ0v) is 22.2. The Morgan fingerprint density at radius 3 is 2.72 bits per heavy atom. The highest BCUT2D eigenvalue weighted by Gasteiger charge is 2.38. The van der Waals surface area contributed by atoms with Gasteiger partial charge < -0.3 is 15.4 Å². The van der Waals surface area contributed by atoms with Crippen LogP contribution in [0.3, 0.4) is 0 Å². The van der Waals surface area contributed by atoms with Crippen molar-refractivity contribution in [3.63, 3.8) is 0 Å².